The fraction of sp³-hybridized carbons (Fsp3) is 0.444. The molecular formula is C9H13NO. The van der Waals surface area contributed by atoms with Crippen LogP contribution in [0.3, 0.4) is 0 Å². The van der Waals surface area contributed by atoms with Crippen molar-refractivity contribution in [2.45, 2.75) is 19.8 Å². The van der Waals surface area contributed by atoms with Crippen molar-refractivity contribution in [2.24, 2.45) is 4.99 Å². The van der Waals surface area contributed by atoms with E-state index in [1.54, 1.807) is 7.11 Å². The Bertz CT molecular complexity index is 214. The van der Waals surface area contributed by atoms with Gasteiger partial charge in [0, 0.05) is 12.6 Å². The number of hydrogen-bond acceptors (Lipinski definition) is 2. The van der Waals surface area contributed by atoms with E-state index in [1.807, 2.05) is 6.20 Å². The van der Waals surface area contributed by atoms with Crippen LogP contribution in [0.2, 0.25) is 0 Å². The first kappa shape index (κ1) is 8.05. The summed E-state index contributed by atoms with van der Waals surface area (Å²) in [5.74, 6) is 0.782. The molecule has 0 aromatic rings. The second-order valence-electron chi connectivity index (χ2n) is 2.39. The van der Waals surface area contributed by atoms with E-state index in [9.17, 15) is 0 Å². The van der Waals surface area contributed by atoms with E-state index in [0.29, 0.717) is 0 Å². The third kappa shape index (κ3) is 2.22. The molecule has 1 aliphatic rings. The minimum Gasteiger partial charge on any atom is -0.484 e. The second kappa shape index (κ2) is 3.96. The summed E-state index contributed by atoms with van der Waals surface area (Å²) in [6.45, 7) is 2.11. The van der Waals surface area contributed by atoms with Crippen molar-refractivity contribution in [2.75, 3.05) is 7.11 Å². The second-order valence-corrected chi connectivity index (χ2v) is 2.39. The fourth-order valence-corrected chi connectivity index (χ4v) is 0.907. The van der Waals surface area contributed by atoms with Crippen LogP contribution in [-0.2, 0) is 4.74 Å². The lowest BCUT2D eigenvalue weighted by molar-refractivity contribution is 0.395. The summed E-state index contributed by atoms with van der Waals surface area (Å²) in [4.78, 5) is 4.16. The van der Waals surface area contributed by atoms with Gasteiger partial charge in [-0.25, -0.2) is 4.99 Å². The Kier molecular flexibility index (Phi) is 2.90. The summed E-state index contributed by atoms with van der Waals surface area (Å²) in [5, 5.41) is 0. The molecule has 0 unspecified atom stereocenters. The Morgan fingerprint density at radius 3 is 3.09 bits per heavy atom. The summed E-state index contributed by atoms with van der Waals surface area (Å²) >= 11 is 0. The highest BCUT2D eigenvalue weighted by Crippen LogP contribution is 2.08. The number of aliphatic imine (C=N–C) groups is 1. The molecule has 0 saturated carbocycles. The lowest BCUT2D eigenvalue weighted by Gasteiger charge is -1.96. The molecule has 0 aromatic carbocycles. The summed E-state index contributed by atoms with van der Waals surface area (Å²) < 4.78 is 5.02. The zero-order valence-electron chi connectivity index (χ0n) is 7.00. The fourth-order valence-electron chi connectivity index (χ4n) is 0.907. The minimum absolute atomic E-state index is 0.782. The smallest absolute Gasteiger partial charge is 0.191 e. The Morgan fingerprint density at radius 1 is 1.64 bits per heavy atom. The number of ether oxygens (including phenoxy) is 1. The first-order chi connectivity index (χ1) is 5.36. The Hall–Kier alpha value is -1.05. The van der Waals surface area contributed by atoms with Crippen LogP contribution in [0.15, 0.2) is 28.9 Å². The van der Waals surface area contributed by atoms with Gasteiger partial charge < -0.3 is 4.74 Å². The molecule has 0 atom stereocenters. The first-order valence-electron chi connectivity index (χ1n) is 3.83. The standard InChI is InChI=1S/C9H13NO/c1-3-8-5-4-6-9(11-2)10-7-8/h4-5,7H,3,6H2,1-2H3. The van der Waals surface area contributed by atoms with E-state index in [1.165, 1.54) is 5.57 Å². The van der Waals surface area contributed by atoms with Gasteiger partial charge in [0.15, 0.2) is 5.90 Å². The Labute approximate surface area is 67.3 Å². The lowest BCUT2D eigenvalue weighted by Crippen LogP contribution is -1.96. The van der Waals surface area contributed by atoms with Gasteiger partial charge in [0.2, 0.25) is 0 Å². The van der Waals surface area contributed by atoms with Gasteiger partial charge in [0.25, 0.3) is 0 Å². The van der Waals surface area contributed by atoms with Crippen LogP contribution in [0.4, 0.5) is 0 Å². The van der Waals surface area contributed by atoms with Gasteiger partial charge in [0.05, 0.1) is 7.11 Å². The van der Waals surface area contributed by atoms with Crippen LogP contribution in [-0.4, -0.2) is 13.0 Å². The Balaban J connectivity index is 2.72. The highest BCUT2D eigenvalue weighted by Gasteiger charge is 1.97. The molecule has 0 amide bonds. The van der Waals surface area contributed by atoms with E-state index >= 15 is 0 Å². The maximum Gasteiger partial charge on any atom is 0.191 e. The quantitative estimate of drug-likeness (QED) is 0.563. The van der Waals surface area contributed by atoms with E-state index in [2.05, 4.69) is 24.1 Å². The van der Waals surface area contributed by atoms with Gasteiger partial charge in [-0.2, -0.15) is 0 Å². The highest BCUT2D eigenvalue weighted by molar-refractivity contribution is 5.78. The average molecular weight is 151 g/mol. The zero-order chi connectivity index (χ0) is 8.10. The molecule has 1 aliphatic heterocycles. The number of rotatable bonds is 1. The van der Waals surface area contributed by atoms with Crippen molar-refractivity contribution in [3.05, 3.63) is 23.9 Å². The van der Waals surface area contributed by atoms with Crippen LogP contribution in [0, 0.1) is 0 Å². The SMILES string of the molecule is CCC1=CN=C(OC)CC=C1. The lowest BCUT2D eigenvalue weighted by atomic mass is 10.2. The highest BCUT2D eigenvalue weighted by atomic mass is 16.5. The molecule has 11 heavy (non-hydrogen) atoms. The third-order valence-corrected chi connectivity index (χ3v) is 1.64. The van der Waals surface area contributed by atoms with Crippen molar-refractivity contribution >= 4 is 5.90 Å². The summed E-state index contributed by atoms with van der Waals surface area (Å²) in [5.41, 5.74) is 1.25. The maximum absolute atomic E-state index is 5.02. The summed E-state index contributed by atoms with van der Waals surface area (Å²) in [6.07, 6.45) is 7.86. The number of nitrogens with zero attached hydrogens (tertiary/aromatic N) is 1. The van der Waals surface area contributed by atoms with Crippen molar-refractivity contribution < 1.29 is 4.74 Å². The molecule has 0 bridgehead atoms. The van der Waals surface area contributed by atoms with Gasteiger partial charge in [-0.1, -0.05) is 19.1 Å². The molecule has 0 aromatic heterocycles. The van der Waals surface area contributed by atoms with Gasteiger partial charge in [-0.05, 0) is 12.0 Å². The van der Waals surface area contributed by atoms with Crippen molar-refractivity contribution in [3.63, 3.8) is 0 Å². The zero-order valence-corrected chi connectivity index (χ0v) is 7.00. The van der Waals surface area contributed by atoms with Crippen LogP contribution in [0.1, 0.15) is 19.8 Å². The van der Waals surface area contributed by atoms with E-state index in [-0.39, 0.29) is 0 Å². The van der Waals surface area contributed by atoms with Gasteiger partial charge in [-0.15, -0.1) is 0 Å². The molecule has 0 radical (unpaired) electrons. The molecular weight excluding hydrogens is 138 g/mol. The monoisotopic (exact) mass is 151 g/mol. The minimum atomic E-state index is 0.782. The molecule has 0 fully saturated rings. The van der Waals surface area contributed by atoms with Crippen molar-refractivity contribution in [1.29, 1.82) is 0 Å². The molecule has 0 saturated heterocycles. The number of allylic oxidation sites excluding steroid dienone is 2. The molecule has 60 valence electrons. The van der Waals surface area contributed by atoms with Crippen LogP contribution in [0.5, 0.6) is 0 Å². The van der Waals surface area contributed by atoms with Crippen molar-refractivity contribution in [3.8, 4) is 0 Å². The first-order valence-corrected chi connectivity index (χ1v) is 3.83. The molecule has 1 heterocycles. The molecule has 0 N–H and O–H groups in total. The Morgan fingerprint density at radius 2 is 2.45 bits per heavy atom. The number of hydrogen-bond donors (Lipinski definition) is 0. The van der Waals surface area contributed by atoms with E-state index < -0.39 is 0 Å². The van der Waals surface area contributed by atoms with Gasteiger partial charge in [0.1, 0.15) is 0 Å². The van der Waals surface area contributed by atoms with Crippen LogP contribution in [0.25, 0.3) is 0 Å². The molecule has 1 rings (SSSR count). The van der Waals surface area contributed by atoms with Gasteiger partial charge >= 0.3 is 0 Å². The predicted molar refractivity (Wildman–Crippen MR) is 46.6 cm³/mol. The normalized spacial score (nSPS) is 16.9. The van der Waals surface area contributed by atoms with Crippen LogP contribution >= 0.6 is 0 Å². The third-order valence-electron chi connectivity index (χ3n) is 1.64. The van der Waals surface area contributed by atoms with E-state index in [4.69, 9.17) is 4.74 Å². The largest absolute Gasteiger partial charge is 0.484 e. The predicted octanol–water partition coefficient (Wildman–Crippen LogP) is 2.29. The molecule has 2 nitrogen and oxygen atoms in total. The van der Waals surface area contributed by atoms with Gasteiger partial charge in [-0.3, -0.25) is 0 Å². The topological polar surface area (TPSA) is 21.6 Å². The molecule has 0 aliphatic carbocycles. The summed E-state index contributed by atoms with van der Waals surface area (Å²) in [7, 11) is 1.65. The molecule has 0 spiro atoms. The maximum atomic E-state index is 5.02. The number of methoxy groups -OCH3 is 1. The van der Waals surface area contributed by atoms with E-state index in [0.717, 1.165) is 18.7 Å². The summed E-state index contributed by atoms with van der Waals surface area (Å²) in [6, 6.07) is 0. The van der Waals surface area contributed by atoms with Crippen LogP contribution < -0.4 is 0 Å². The molecule has 2 heteroatoms. The van der Waals surface area contributed by atoms with Crippen molar-refractivity contribution in [1.82, 2.24) is 0 Å². The average Bonchev–Trinajstić information content (AvgIpc) is 2.28.